The number of carbonyl (C=O) groups excluding carboxylic acids is 2. The van der Waals surface area contributed by atoms with Crippen molar-refractivity contribution in [1.29, 1.82) is 0 Å². The number of nitrogens with one attached hydrogen (secondary N) is 1. The van der Waals surface area contributed by atoms with Gasteiger partial charge in [0.2, 0.25) is 5.91 Å². The van der Waals surface area contributed by atoms with Gasteiger partial charge in [-0.25, -0.2) is 4.79 Å². The first-order valence-electron chi connectivity index (χ1n) is 11.3. The molecular weight excluding hydrogens is 422 g/mol. The van der Waals surface area contributed by atoms with E-state index in [4.69, 9.17) is 4.74 Å². The molecule has 0 bridgehead atoms. The molecule has 7 heteroatoms. The monoisotopic (exact) mass is 457 g/mol. The van der Waals surface area contributed by atoms with Crippen molar-refractivity contribution in [3.05, 3.63) is 51.7 Å². The lowest BCUT2D eigenvalue weighted by Gasteiger charge is -2.37. The molecule has 32 heavy (non-hydrogen) atoms. The normalized spacial score (nSPS) is 15.8. The summed E-state index contributed by atoms with van der Waals surface area (Å²) in [4.78, 5) is 31.0. The smallest absolute Gasteiger partial charge is 0.318 e. The number of benzene rings is 1. The standard InChI is InChI=1S/C25H35N3O3S/c1-6-13-27(24(30)26-25(3,4)5)16-23(29)28-14-11-22-20(12-15-32-22)21(28)17-31-19-9-7-18(2)8-10-19/h7-10,12,15,21H,6,11,13-14,16-17H2,1-5H3,(H,26,30). The fraction of sp³-hybridized carbons (Fsp3) is 0.520. The summed E-state index contributed by atoms with van der Waals surface area (Å²) in [5.74, 6) is 0.749. The van der Waals surface area contributed by atoms with Gasteiger partial charge in [-0.05, 0) is 69.7 Å². The van der Waals surface area contributed by atoms with Gasteiger partial charge in [0.15, 0.2) is 0 Å². The van der Waals surface area contributed by atoms with Gasteiger partial charge in [0.1, 0.15) is 18.9 Å². The highest BCUT2D eigenvalue weighted by Crippen LogP contribution is 2.34. The molecule has 1 atom stereocenters. The summed E-state index contributed by atoms with van der Waals surface area (Å²) in [7, 11) is 0. The molecule has 1 aromatic carbocycles. The molecule has 0 saturated carbocycles. The van der Waals surface area contributed by atoms with Gasteiger partial charge in [0.25, 0.3) is 0 Å². The second-order valence-electron chi connectivity index (χ2n) is 9.38. The van der Waals surface area contributed by atoms with Crippen LogP contribution in [0.1, 0.15) is 56.2 Å². The van der Waals surface area contributed by atoms with Crippen LogP contribution >= 0.6 is 11.3 Å². The number of aryl methyl sites for hydroxylation is 1. The zero-order valence-corrected chi connectivity index (χ0v) is 20.6. The quantitative estimate of drug-likeness (QED) is 0.651. The highest BCUT2D eigenvalue weighted by atomic mass is 32.1. The third-order valence-electron chi connectivity index (χ3n) is 5.43. The van der Waals surface area contributed by atoms with Crippen molar-refractivity contribution in [1.82, 2.24) is 15.1 Å². The minimum Gasteiger partial charge on any atom is -0.491 e. The summed E-state index contributed by atoms with van der Waals surface area (Å²) in [5.41, 5.74) is 1.98. The highest BCUT2D eigenvalue weighted by Gasteiger charge is 2.33. The van der Waals surface area contributed by atoms with E-state index >= 15 is 0 Å². The number of hydrogen-bond acceptors (Lipinski definition) is 4. The Bertz CT molecular complexity index is 917. The van der Waals surface area contributed by atoms with Crippen LogP contribution in [-0.2, 0) is 11.2 Å². The van der Waals surface area contributed by atoms with E-state index in [9.17, 15) is 9.59 Å². The first kappa shape index (κ1) is 24.1. The van der Waals surface area contributed by atoms with Gasteiger partial charge >= 0.3 is 6.03 Å². The zero-order valence-electron chi connectivity index (χ0n) is 19.8. The maximum Gasteiger partial charge on any atom is 0.318 e. The molecule has 1 aromatic heterocycles. The van der Waals surface area contributed by atoms with E-state index in [1.54, 1.807) is 16.2 Å². The minimum atomic E-state index is -0.354. The van der Waals surface area contributed by atoms with E-state index < -0.39 is 0 Å². The van der Waals surface area contributed by atoms with Crippen LogP contribution < -0.4 is 10.1 Å². The van der Waals surface area contributed by atoms with E-state index in [1.165, 1.54) is 10.4 Å². The Hall–Kier alpha value is -2.54. The Morgan fingerprint density at radius 3 is 2.59 bits per heavy atom. The van der Waals surface area contributed by atoms with E-state index in [-0.39, 0.29) is 30.1 Å². The van der Waals surface area contributed by atoms with Crippen LogP contribution in [0.2, 0.25) is 0 Å². The molecule has 0 fully saturated rings. The molecule has 2 heterocycles. The SMILES string of the molecule is CCCN(CC(=O)N1CCc2sccc2C1COc1ccc(C)cc1)C(=O)NC(C)(C)C. The van der Waals surface area contributed by atoms with Crippen molar-refractivity contribution in [2.24, 2.45) is 0 Å². The molecular formula is C25H35N3O3S. The third kappa shape index (κ3) is 6.25. The molecule has 3 amide bonds. The number of urea groups is 1. The van der Waals surface area contributed by atoms with Crippen LogP contribution in [0, 0.1) is 6.92 Å². The second-order valence-corrected chi connectivity index (χ2v) is 10.4. The number of thiophene rings is 1. The summed E-state index contributed by atoms with van der Waals surface area (Å²) < 4.78 is 6.09. The average molecular weight is 458 g/mol. The molecule has 3 rings (SSSR count). The first-order valence-corrected chi connectivity index (χ1v) is 12.2. The fourth-order valence-electron chi connectivity index (χ4n) is 3.86. The number of carbonyl (C=O) groups is 2. The summed E-state index contributed by atoms with van der Waals surface area (Å²) in [6, 6.07) is 9.69. The third-order valence-corrected chi connectivity index (χ3v) is 6.43. The Balaban J connectivity index is 1.74. The van der Waals surface area contributed by atoms with E-state index in [2.05, 4.69) is 16.8 Å². The van der Waals surface area contributed by atoms with Crippen LogP contribution in [-0.4, -0.2) is 53.5 Å². The molecule has 0 saturated heterocycles. The number of rotatable bonds is 7. The predicted molar refractivity (Wildman–Crippen MR) is 129 cm³/mol. The first-order chi connectivity index (χ1) is 15.2. The average Bonchev–Trinajstić information content (AvgIpc) is 3.20. The van der Waals surface area contributed by atoms with Gasteiger partial charge < -0.3 is 19.9 Å². The van der Waals surface area contributed by atoms with Crippen LogP contribution in [0.25, 0.3) is 0 Å². The van der Waals surface area contributed by atoms with Gasteiger partial charge in [-0.15, -0.1) is 11.3 Å². The lowest BCUT2D eigenvalue weighted by molar-refractivity contribution is -0.135. The Kier molecular flexibility index (Phi) is 7.82. The number of ether oxygens (including phenoxy) is 1. The van der Waals surface area contributed by atoms with Crippen LogP contribution in [0.5, 0.6) is 5.75 Å². The topological polar surface area (TPSA) is 61.9 Å². The number of nitrogens with zero attached hydrogens (tertiary/aromatic N) is 2. The molecule has 1 aliphatic rings. The number of amides is 3. The maximum absolute atomic E-state index is 13.4. The highest BCUT2D eigenvalue weighted by molar-refractivity contribution is 7.10. The molecule has 174 valence electrons. The van der Waals surface area contributed by atoms with Crippen molar-refractivity contribution in [3.8, 4) is 5.75 Å². The molecule has 1 unspecified atom stereocenters. The van der Waals surface area contributed by atoms with Gasteiger partial charge in [-0.2, -0.15) is 0 Å². The molecule has 0 radical (unpaired) electrons. The van der Waals surface area contributed by atoms with Gasteiger partial charge in [0.05, 0.1) is 6.04 Å². The molecule has 1 N–H and O–H groups in total. The van der Waals surface area contributed by atoms with Crippen molar-refractivity contribution in [2.75, 3.05) is 26.2 Å². The van der Waals surface area contributed by atoms with E-state index in [1.807, 2.05) is 63.8 Å². The predicted octanol–water partition coefficient (Wildman–Crippen LogP) is 4.78. The minimum absolute atomic E-state index is 0.0446. The molecule has 0 aliphatic carbocycles. The van der Waals surface area contributed by atoms with Crippen molar-refractivity contribution in [2.45, 2.75) is 59.0 Å². The fourth-order valence-corrected chi connectivity index (χ4v) is 4.79. The largest absolute Gasteiger partial charge is 0.491 e. The van der Waals surface area contributed by atoms with E-state index in [0.717, 1.165) is 24.2 Å². The zero-order chi connectivity index (χ0) is 23.3. The van der Waals surface area contributed by atoms with Crippen LogP contribution in [0.15, 0.2) is 35.7 Å². The Morgan fingerprint density at radius 2 is 1.94 bits per heavy atom. The van der Waals surface area contributed by atoms with Gasteiger partial charge in [-0.1, -0.05) is 24.6 Å². The number of hydrogen-bond donors (Lipinski definition) is 1. The van der Waals surface area contributed by atoms with Crippen molar-refractivity contribution < 1.29 is 14.3 Å². The molecule has 6 nitrogen and oxygen atoms in total. The summed E-state index contributed by atoms with van der Waals surface area (Å²) >= 11 is 1.73. The maximum atomic E-state index is 13.4. The van der Waals surface area contributed by atoms with Gasteiger partial charge in [0, 0.05) is 23.5 Å². The summed E-state index contributed by atoms with van der Waals surface area (Å²) in [6.45, 7) is 11.5. The molecule has 0 spiro atoms. The Labute approximate surface area is 195 Å². The van der Waals surface area contributed by atoms with Crippen molar-refractivity contribution >= 4 is 23.3 Å². The summed E-state index contributed by atoms with van der Waals surface area (Å²) in [6.07, 6.45) is 1.63. The molecule has 1 aliphatic heterocycles. The summed E-state index contributed by atoms with van der Waals surface area (Å²) in [5, 5.41) is 5.06. The van der Waals surface area contributed by atoms with Crippen LogP contribution in [0.4, 0.5) is 4.79 Å². The lowest BCUT2D eigenvalue weighted by Crippen LogP contribution is -2.53. The number of fused-ring (bicyclic) bond motifs is 1. The second kappa shape index (κ2) is 10.4. The molecule has 2 aromatic rings. The van der Waals surface area contributed by atoms with E-state index in [0.29, 0.717) is 19.7 Å². The Morgan fingerprint density at radius 1 is 1.22 bits per heavy atom. The van der Waals surface area contributed by atoms with Crippen molar-refractivity contribution in [3.63, 3.8) is 0 Å². The van der Waals surface area contributed by atoms with Crippen LogP contribution in [0.3, 0.4) is 0 Å². The van der Waals surface area contributed by atoms with Gasteiger partial charge in [-0.3, -0.25) is 4.79 Å². The lowest BCUT2D eigenvalue weighted by atomic mass is 10.0.